The van der Waals surface area contributed by atoms with E-state index in [9.17, 15) is 9.59 Å². The molecule has 0 aliphatic heterocycles. The molecular formula is C40H33N3O4S. The van der Waals surface area contributed by atoms with E-state index in [1.807, 2.05) is 115 Å². The third-order valence-corrected chi connectivity index (χ3v) is 8.63. The Hall–Kier alpha value is -5.86. The summed E-state index contributed by atoms with van der Waals surface area (Å²) < 4.78 is 5.90. The Balaban J connectivity index is 1.24. The van der Waals surface area contributed by atoms with E-state index in [1.165, 1.54) is 18.3 Å². The molecule has 0 unspecified atom stereocenters. The highest BCUT2D eigenvalue weighted by Crippen LogP contribution is 2.40. The number of aldehydes is 1. The zero-order valence-corrected chi connectivity index (χ0v) is 27.0. The summed E-state index contributed by atoms with van der Waals surface area (Å²) in [5.41, 5.74) is 4.16. The van der Waals surface area contributed by atoms with E-state index in [-0.39, 0.29) is 5.71 Å². The Bertz CT molecular complexity index is 1820. The van der Waals surface area contributed by atoms with Crippen molar-refractivity contribution in [3.63, 3.8) is 0 Å². The van der Waals surface area contributed by atoms with Crippen LogP contribution < -0.4 is 5.32 Å². The molecule has 238 valence electrons. The van der Waals surface area contributed by atoms with E-state index in [0.717, 1.165) is 27.8 Å². The number of oxime groups is 1. The van der Waals surface area contributed by atoms with Crippen LogP contribution >= 0.6 is 11.3 Å². The Kier molecular flexibility index (Phi) is 10.1. The average Bonchev–Trinajstić information content (AvgIpc) is 3.62. The summed E-state index contributed by atoms with van der Waals surface area (Å²) in [5.74, 6) is -0.624. The number of hydrogen-bond acceptors (Lipinski definition) is 8. The first kappa shape index (κ1) is 32.1. The van der Waals surface area contributed by atoms with Gasteiger partial charge in [-0.1, -0.05) is 157 Å². The monoisotopic (exact) mass is 651 g/mol. The molecule has 0 saturated carbocycles. The Morgan fingerprint density at radius 3 is 1.60 bits per heavy atom. The average molecular weight is 652 g/mol. The molecule has 0 radical (unpaired) electrons. The highest BCUT2D eigenvalue weighted by atomic mass is 32.1. The van der Waals surface area contributed by atoms with Crippen molar-refractivity contribution in [1.29, 1.82) is 0 Å². The largest absolute Gasteiger partial charge is 0.450 e. The topological polar surface area (TPSA) is 89.9 Å². The predicted molar refractivity (Wildman–Crippen MR) is 189 cm³/mol. The molecule has 0 spiro atoms. The van der Waals surface area contributed by atoms with Crippen LogP contribution in [0.15, 0.2) is 162 Å². The van der Waals surface area contributed by atoms with Gasteiger partial charge >= 0.3 is 5.97 Å². The van der Waals surface area contributed by atoms with Crippen molar-refractivity contribution in [2.45, 2.75) is 24.7 Å². The van der Waals surface area contributed by atoms with Gasteiger partial charge in [0.25, 0.3) is 0 Å². The summed E-state index contributed by atoms with van der Waals surface area (Å²) in [5, 5.41) is 10.0. The van der Waals surface area contributed by atoms with E-state index in [4.69, 9.17) is 14.6 Å². The van der Waals surface area contributed by atoms with E-state index in [0.29, 0.717) is 17.1 Å². The number of ether oxygens (including phenoxy) is 1. The summed E-state index contributed by atoms with van der Waals surface area (Å²) in [4.78, 5) is 35.7. The highest BCUT2D eigenvalue weighted by Gasteiger charge is 2.37. The van der Waals surface area contributed by atoms with Gasteiger partial charge in [-0.05, 0) is 34.7 Å². The van der Waals surface area contributed by atoms with Gasteiger partial charge in [-0.3, -0.25) is 4.79 Å². The van der Waals surface area contributed by atoms with Gasteiger partial charge in [-0.2, -0.15) is 0 Å². The van der Waals surface area contributed by atoms with Crippen LogP contribution in [0.3, 0.4) is 0 Å². The van der Waals surface area contributed by atoms with Crippen LogP contribution in [-0.4, -0.2) is 29.1 Å². The lowest BCUT2D eigenvalue weighted by Crippen LogP contribution is -2.38. The van der Waals surface area contributed by atoms with Gasteiger partial charge in [0.2, 0.25) is 6.10 Å². The first-order valence-electron chi connectivity index (χ1n) is 15.5. The van der Waals surface area contributed by atoms with Gasteiger partial charge in [-0.15, -0.1) is 11.3 Å². The maximum atomic E-state index is 13.2. The van der Waals surface area contributed by atoms with Crippen LogP contribution in [-0.2, 0) is 24.7 Å². The molecule has 1 aromatic heterocycles. The second kappa shape index (κ2) is 15.2. The smallest absolute Gasteiger partial charge is 0.350 e. The van der Waals surface area contributed by atoms with Crippen molar-refractivity contribution in [1.82, 2.24) is 4.98 Å². The van der Waals surface area contributed by atoms with Gasteiger partial charge in [0.15, 0.2) is 23.2 Å². The summed E-state index contributed by atoms with van der Waals surface area (Å²) in [6.07, 6.45) is -1.16. The highest BCUT2D eigenvalue weighted by molar-refractivity contribution is 7.14. The fourth-order valence-corrected chi connectivity index (χ4v) is 6.25. The van der Waals surface area contributed by atoms with Gasteiger partial charge in [0.1, 0.15) is 11.2 Å². The van der Waals surface area contributed by atoms with Gasteiger partial charge < -0.3 is 14.9 Å². The summed E-state index contributed by atoms with van der Waals surface area (Å²) in [6, 6.07) is 49.4. The Labute approximate surface area is 283 Å². The summed E-state index contributed by atoms with van der Waals surface area (Å²) >= 11 is 1.34. The summed E-state index contributed by atoms with van der Waals surface area (Å²) in [7, 11) is 0. The maximum absolute atomic E-state index is 13.2. The number of nitrogens with zero attached hydrogens (tertiary/aromatic N) is 2. The number of rotatable bonds is 13. The third-order valence-electron chi connectivity index (χ3n) is 7.87. The number of carbonyl (C=O) groups excluding carboxylic acids is 2. The lowest BCUT2D eigenvalue weighted by atomic mass is 9.77. The van der Waals surface area contributed by atoms with Crippen LogP contribution in [0.5, 0.6) is 0 Å². The normalized spacial score (nSPS) is 12.2. The second-order valence-corrected chi connectivity index (χ2v) is 11.8. The van der Waals surface area contributed by atoms with E-state index >= 15 is 0 Å². The third kappa shape index (κ3) is 7.09. The van der Waals surface area contributed by atoms with Crippen LogP contribution in [0.1, 0.15) is 46.5 Å². The molecule has 0 amide bonds. The second-order valence-electron chi connectivity index (χ2n) is 11.0. The molecule has 8 heteroatoms. The molecule has 0 aliphatic carbocycles. The number of anilines is 1. The van der Waals surface area contributed by atoms with Crippen molar-refractivity contribution in [2.75, 3.05) is 5.32 Å². The van der Waals surface area contributed by atoms with E-state index < -0.39 is 23.7 Å². The Morgan fingerprint density at radius 2 is 1.17 bits per heavy atom. The molecule has 5 aromatic carbocycles. The zero-order chi connectivity index (χ0) is 33.2. The van der Waals surface area contributed by atoms with Gasteiger partial charge in [0.05, 0.1) is 0 Å². The molecule has 0 bridgehead atoms. The van der Waals surface area contributed by atoms with Gasteiger partial charge in [-0.25, -0.2) is 9.78 Å². The van der Waals surface area contributed by atoms with Crippen molar-refractivity contribution >= 4 is 34.4 Å². The minimum Gasteiger partial charge on any atom is -0.450 e. The number of nitrogens with one attached hydrogen (secondary N) is 1. The van der Waals surface area contributed by atoms with Crippen LogP contribution in [0.2, 0.25) is 0 Å². The standard InChI is InChI=1S/C40H33N3O4S/c1-29(38(45)46-37(30-17-7-2-8-18-30)31-19-9-3-10-20-31)47-43-35(27-44)36-28-48-39(41-36)42-40(32-21-11-4-12-22-32,33-23-13-5-14-24-33)34-25-15-6-16-26-34/h2-29,37H,1H3,(H,41,42)/b43-35+/t29-/m0/s1. The molecule has 1 heterocycles. The molecule has 1 atom stereocenters. The molecule has 48 heavy (non-hydrogen) atoms. The number of benzene rings is 5. The lowest BCUT2D eigenvalue weighted by molar-refractivity contribution is -0.160. The van der Waals surface area contributed by atoms with Crippen molar-refractivity contribution in [3.8, 4) is 0 Å². The number of esters is 1. The van der Waals surface area contributed by atoms with Crippen molar-refractivity contribution in [2.24, 2.45) is 5.16 Å². The number of carbonyl (C=O) groups is 2. The first-order valence-corrected chi connectivity index (χ1v) is 16.4. The molecule has 7 nitrogen and oxygen atoms in total. The molecule has 1 N–H and O–H groups in total. The quantitative estimate of drug-likeness (QED) is 0.0445. The van der Waals surface area contributed by atoms with Gasteiger partial charge in [0, 0.05) is 5.38 Å². The Morgan fingerprint density at radius 1 is 0.729 bits per heavy atom. The minimum absolute atomic E-state index is 0.0497. The van der Waals surface area contributed by atoms with Crippen molar-refractivity contribution < 1.29 is 19.2 Å². The first-order chi connectivity index (χ1) is 23.6. The zero-order valence-electron chi connectivity index (χ0n) is 26.2. The SMILES string of the molecule is C[C@H](O/N=C(\C=O)c1csc(NC(c2ccccc2)(c2ccccc2)c2ccccc2)n1)C(=O)OC(c1ccccc1)c1ccccc1. The molecule has 6 rings (SSSR count). The minimum atomic E-state index is -1.09. The molecular weight excluding hydrogens is 619 g/mol. The fourth-order valence-electron chi connectivity index (χ4n) is 5.49. The predicted octanol–water partition coefficient (Wildman–Crippen LogP) is 8.19. The van der Waals surface area contributed by atoms with Crippen molar-refractivity contribution in [3.05, 3.63) is 191 Å². The molecule has 0 fully saturated rings. The maximum Gasteiger partial charge on any atom is 0.350 e. The fraction of sp³-hybridized carbons (Fsp3) is 0.100. The van der Waals surface area contributed by atoms with Crippen LogP contribution in [0, 0.1) is 0 Å². The number of hydrogen-bond donors (Lipinski definition) is 1. The summed E-state index contributed by atoms with van der Waals surface area (Å²) in [6.45, 7) is 1.53. The van der Waals surface area contributed by atoms with Crippen LogP contribution in [0.4, 0.5) is 5.13 Å². The molecule has 0 aliphatic rings. The van der Waals surface area contributed by atoms with E-state index in [2.05, 4.69) is 46.9 Å². The lowest BCUT2D eigenvalue weighted by Gasteiger charge is -2.36. The molecule has 0 saturated heterocycles. The van der Waals surface area contributed by atoms with Crippen LogP contribution in [0.25, 0.3) is 0 Å². The number of aromatic nitrogens is 1. The van der Waals surface area contributed by atoms with E-state index in [1.54, 1.807) is 5.38 Å². The number of thiazole rings is 1. The molecule has 6 aromatic rings.